The quantitative estimate of drug-likeness (QED) is 0.402. The maximum atomic E-state index is 13.9. The first-order chi connectivity index (χ1) is 20.6. The van der Waals surface area contributed by atoms with Crippen LogP contribution >= 0.6 is 11.6 Å². The first-order valence-electron chi connectivity index (χ1n) is 14.8. The van der Waals surface area contributed by atoms with Crippen molar-refractivity contribution in [2.24, 2.45) is 0 Å². The standard InChI is InChI=1S/C30H40ClN7O5S/c1-19-15-26-32-24(18-38(26)33-27(19)36-14-12-21(17-36)35(5)29(40)43-30(2,3)4)25-9-7-8-13-37(25)28(39)22-16-20(31)10-11-23(22)34-44(6,41)42/h10-11,15-16,18,21,25,34H,7-9,12-14,17H2,1-6H3/t21-,25+/m1/s1. The molecule has 0 aliphatic carbocycles. The first kappa shape index (κ1) is 31.8. The number of amides is 2. The summed E-state index contributed by atoms with van der Waals surface area (Å²) in [6, 6.07) is 6.21. The Hall–Kier alpha value is -3.58. The van der Waals surface area contributed by atoms with Crippen LogP contribution in [0, 0.1) is 6.92 Å². The SMILES string of the molecule is Cc1cc2nc([C@@H]3CCCCN3C(=O)c3cc(Cl)ccc3NS(C)(=O)=O)cn2nc1N1CC[C@@H](N(C)C(=O)OC(C)(C)C)C1. The zero-order valence-electron chi connectivity index (χ0n) is 26.0. The van der Waals surface area contributed by atoms with Crippen LogP contribution in [0.4, 0.5) is 16.3 Å². The molecule has 0 unspecified atom stereocenters. The number of halogens is 1. The van der Waals surface area contributed by atoms with Gasteiger partial charge in [-0.05, 0) is 83.2 Å². The predicted molar refractivity (Wildman–Crippen MR) is 170 cm³/mol. The number of likely N-dealkylation sites (tertiary alicyclic amines) is 1. The highest BCUT2D eigenvalue weighted by atomic mass is 35.5. The van der Waals surface area contributed by atoms with Crippen LogP contribution in [0.3, 0.4) is 0 Å². The summed E-state index contributed by atoms with van der Waals surface area (Å²) >= 11 is 6.23. The van der Waals surface area contributed by atoms with Crippen molar-refractivity contribution in [1.29, 1.82) is 0 Å². The highest BCUT2D eigenvalue weighted by molar-refractivity contribution is 7.92. The maximum absolute atomic E-state index is 13.9. The van der Waals surface area contributed by atoms with E-state index >= 15 is 0 Å². The Morgan fingerprint density at radius 3 is 2.59 bits per heavy atom. The zero-order valence-corrected chi connectivity index (χ0v) is 27.6. The molecule has 2 atom stereocenters. The molecule has 1 N–H and O–H groups in total. The Labute approximate surface area is 263 Å². The number of nitrogens with zero attached hydrogens (tertiary/aromatic N) is 6. The summed E-state index contributed by atoms with van der Waals surface area (Å²) in [6.45, 7) is 9.43. The number of aryl methyl sites for hydroxylation is 1. The molecule has 0 spiro atoms. The topological polar surface area (TPSA) is 129 Å². The van der Waals surface area contributed by atoms with E-state index in [0.29, 0.717) is 35.9 Å². The van der Waals surface area contributed by atoms with Crippen molar-refractivity contribution in [1.82, 2.24) is 24.4 Å². The van der Waals surface area contributed by atoms with Gasteiger partial charge in [-0.1, -0.05) is 11.6 Å². The number of hydrogen-bond donors (Lipinski definition) is 1. The average molecular weight is 646 g/mol. The Kier molecular flexibility index (Phi) is 8.74. The van der Waals surface area contributed by atoms with Gasteiger partial charge in [-0.2, -0.15) is 0 Å². The number of benzene rings is 1. The number of anilines is 2. The summed E-state index contributed by atoms with van der Waals surface area (Å²) < 4.78 is 33.7. The van der Waals surface area contributed by atoms with Crippen molar-refractivity contribution in [2.75, 3.05) is 42.6 Å². The number of ether oxygens (including phenoxy) is 1. The molecule has 0 bridgehead atoms. The molecule has 5 rings (SSSR count). The third-order valence-electron chi connectivity index (χ3n) is 7.94. The molecule has 1 aromatic carbocycles. The van der Waals surface area contributed by atoms with E-state index < -0.39 is 15.6 Å². The molecule has 2 saturated heterocycles. The van der Waals surface area contributed by atoms with Crippen LogP contribution in [0.25, 0.3) is 5.65 Å². The van der Waals surface area contributed by atoms with Gasteiger partial charge in [-0.25, -0.2) is 22.7 Å². The number of rotatable bonds is 6. The monoisotopic (exact) mass is 645 g/mol. The van der Waals surface area contributed by atoms with Gasteiger partial charge in [-0.3, -0.25) is 9.52 Å². The summed E-state index contributed by atoms with van der Waals surface area (Å²) in [6.07, 6.45) is 5.81. The minimum absolute atomic E-state index is 0.00419. The molecule has 0 saturated carbocycles. The van der Waals surface area contributed by atoms with Crippen molar-refractivity contribution >= 4 is 50.8 Å². The number of imidazole rings is 1. The molecule has 2 amide bonds. The van der Waals surface area contributed by atoms with Gasteiger partial charge in [0, 0.05) is 31.7 Å². The third-order valence-corrected chi connectivity index (χ3v) is 8.76. The second-order valence-corrected chi connectivity index (χ2v) is 14.9. The third kappa shape index (κ3) is 7.04. The predicted octanol–water partition coefficient (Wildman–Crippen LogP) is 4.88. The summed E-state index contributed by atoms with van der Waals surface area (Å²) in [5, 5.41) is 5.25. The Morgan fingerprint density at radius 2 is 1.89 bits per heavy atom. The van der Waals surface area contributed by atoms with Gasteiger partial charge in [0.25, 0.3) is 5.91 Å². The maximum Gasteiger partial charge on any atom is 0.410 e. The van der Waals surface area contributed by atoms with Crippen molar-refractivity contribution in [3.63, 3.8) is 0 Å². The lowest BCUT2D eigenvalue weighted by Crippen LogP contribution is -2.42. The number of nitrogens with one attached hydrogen (secondary N) is 1. The molecule has 14 heteroatoms. The molecular weight excluding hydrogens is 606 g/mol. The van der Waals surface area contributed by atoms with Gasteiger partial charge in [0.05, 0.1) is 41.5 Å². The van der Waals surface area contributed by atoms with Gasteiger partial charge >= 0.3 is 6.09 Å². The highest BCUT2D eigenvalue weighted by Crippen LogP contribution is 2.34. The van der Waals surface area contributed by atoms with E-state index in [1.54, 1.807) is 27.4 Å². The van der Waals surface area contributed by atoms with Crippen molar-refractivity contribution < 1.29 is 22.7 Å². The number of carbonyl (C=O) groups excluding carboxylic acids is 2. The van der Waals surface area contributed by atoms with Crippen LogP contribution in [-0.4, -0.2) is 89.4 Å². The second-order valence-electron chi connectivity index (χ2n) is 12.7. The van der Waals surface area contributed by atoms with Crippen LogP contribution in [0.5, 0.6) is 0 Å². The molecule has 0 radical (unpaired) electrons. The van der Waals surface area contributed by atoms with E-state index in [-0.39, 0.29) is 35.3 Å². The number of piperidine rings is 1. The molecule has 2 fully saturated rings. The minimum atomic E-state index is -3.61. The van der Waals surface area contributed by atoms with E-state index in [9.17, 15) is 18.0 Å². The summed E-state index contributed by atoms with van der Waals surface area (Å²) in [5.41, 5.74) is 2.16. The fourth-order valence-corrected chi connectivity index (χ4v) is 6.60. The molecule has 12 nitrogen and oxygen atoms in total. The molecular formula is C30H40ClN7O5S. The lowest BCUT2D eigenvalue weighted by Gasteiger charge is -2.35. The van der Waals surface area contributed by atoms with Crippen LogP contribution in [-0.2, 0) is 14.8 Å². The van der Waals surface area contributed by atoms with Gasteiger partial charge < -0.3 is 19.4 Å². The fourth-order valence-electron chi connectivity index (χ4n) is 5.85. The molecule has 2 aliphatic rings. The molecule has 2 aromatic heterocycles. The Balaban J connectivity index is 1.39. The van der Waals surface area contributed by atoms with Crippen molar-refractivity contribution in [2.45, 2.75) is 71.1 Å². The number of hydrogen-bond acceptors (Lipinski definition) is 8. The number of sulfonamides is 1. The van der Waals surface area contributed by atoms with Crippen LogP contribution in [0.1, 0.15) is 74.1 Å². The molecule has 44 heavy (non-hydrogen) atoms. The summed E-state index contributed by atoms with van der Waals surface area (Å²) in [7, 11) is -1.84. The smallest absolute Gasteiger partial charge is 0.410 e. The largest absolute Gasteiger partial charge is 0.444 e. The van der Waals surface area contributed by atoms with Crippen molar-refractivity contribution in [3.05, 3.63) is 52.3 Å². The van der Waals surface area contributed by atoms with Gasteiger partial charge in [0.2, 0.25) is 10.0 Å². The Morgan fingerprint density at radius 1 is 1.14 bits per heavy atom. The summed E-state index contributed by atoms with van der Waals surface area (Å²) in [4.78, 5) is 37.0. The van der Waals surface area contributed by atoms with E-state index in [1.165, 1.54) is 12.1 Å². The van der Waals surface area contributed by atoms with Crippen LogP contribution < -0.4 is 9.62 Å². The Bertz CT molecular complexity index is 1690. The molecule has 4 heterocycles. The average Bonchev–Trinajstić information content (AvgIpc) is 3.58. The van der Waals surface area contributed by atoms with E-state index in [0.717, 1.165) is 43.4 Å². The lowest BCUT2D eigenvalue weighted by molar-refractivity contribution is 0.0237. The molecule has 2 aliphatic heterocycles. The van der Waals surface area contributed by atoms with Crippen LogP contribution in [0.2, 0.25) is 5.02 Å². The van der Waals surface area contributed by atoms with Gasteiger partial charge in [-0.15, -0.1) is 5.10 Å². The molecule has 238 valence electrons. The van der Waals surface area contributed by atoms with Gasteiger partial charge in [0.15, 0.2) is 11.5 Å². The lowest BCUT2D eigenvalue weighted by atomic mass is 9.98. The summed E-state index contributed by atoms with van der Waals surface area (Å²) in [5.74, 6) is 0.496. The van der Waals surface area contributed by atoms with Crippen molar-refractivity contribution in [3.8, 4) is 0 Å². The second kappa shape index (κ2) is 12.1. The number of likely N-dealkylation sites (N-methyl/N-ethyl adjacent to an activating group) is 1. The minimum Gasteiger partial charge on any atom is -0.444 e. The van der Waals surface area contributed by atoms with Gasteiger partial charge in [0.1, 0.15) is 5.60 Å². The number of aromatic nitrogens is 3. The first-order valence-corrected chi connectivity index (χ1v) is 17.0. The van der Waals surface area contributed by atoms with E-state index in [1.807, 2.05) is 40.0 Å². The van der Waals surface area contributed by atoms with Crippen LogP contribution in [0.15, 0.2) is 30.5 Å². The van der Waals surface area contributed by atoms with E-state index in [2.05, 4.69) is 9.62 Å². The number of fused-ring (bicyclic) bond motifs is 1. The zero-order chi connectivity index (χ0) is 32.0. The molecule has 3 aromatic rings. The normalized spacial score (nSPS) is 19.3. The fraction of sp³-hybridized carbons (Fsp3) is 0.533. The number of carbonyl (C=O) groups is 2. The van der Waals surface area contributed by atoms with E-state index in [4.69, 9.17) is 26.4 Å². The highest BCUT2D eigenvalue weighted by Gasteiger charge is 2.34.